The number of esters is 1. The molecule has 3 fully saturated rings. The third-order valence-corrected chi connectivity index (χ3v) is 9.10. The molecule has 0 spiro atoms. The second kappa shape index (κ2) is 6.36. The van der Waals surface area contributed by atoms with Crippen molar-refractivity contribution in [2.45, 2.75) is 91.2 Å². The van der Waals surface area contributed by atoms with E-state index in [0.29, 0.717) is 22.8 Å². The minimum absolute atomic E-state index is 0.103. The monoisotopic (exact) mass is 359 g/mol. The van der Waals surface area contributed by atoms with Crippen molar-refractivity contribution >= 4 is 5.97 Å². The Morgan fingerprint density at radius 1 is 1.19 bits per heavy atom. The zero-order valence-corrected chi connectivity index (χ0v) is 17.1. The Hall–Kier alpha value is -0.830. The van der Waals surface area contributed by atoms with Gasteiger partial charge in [-0.1, -0.05) is 25.5 Å². The molecular formula is C23H37NO2. The SMILES string of the molecule is CC(=O)O[C@@H]1CC[C@@]2(C)C(=CC[C@H]3[C@@H]4CC[C@H]([C@H](C)N)[C@@]4(C)CC[C@@H]32)C1. The molecule has 0 aromatic rings. The first kappa shape index (κ1) is 18.5. The molecule has 2 N–H and O–H groups in total. The highest BCUT2D eigenvalue weighted by molar-refractivity contribution is 5.66. The van der Waals surface area contributed by atoms with Gasteiger partial charge in [0.05, 0.1) is 0 Å². The van der Waals surface area contributed by atoms with Crippen LogP contribution in [0.5, 0.6) is 0 Å². The lowest BCUT2D eigenvalue weighted by Gasteiger charge is -2.58. The largest absolute Gasteiger partial charge is 0.462 e. The molecule has 3 heteroatoms. The first-order chi connectivity index (χ1) is 12.3. The molecule has 0 aliphatic heterocycles. The fraction of sp³-hybridized carbons (Fsp3) is 0.870. The highest BCUT2D eigenvalue weighted by atomic mass is 16.5. The molecule has 146 valence electrons. The smallest absolute Gasteiger partial charge is 0.302 e. The van der Waals surface area contributed by atoms with E-state index in [-0.39, 0.29) is 12.1 Å². The molecule has 8 atom stereocenters. The third-order valence-electron chi connectivity index (χ3n) is 9.10. The number of hydrogen-bond donors (Lipinski definition) is 1. The van der Waals surface area contributed by atoms with Gasteiger partial charge >= 0.3 is 5.97 Å². The summed E-state index contributed by atoms with van der Waals surface area (Å²) in [7, 11) is 0. The topological polar surface area (TPSA) is 52.3 Å². The Kier molecular flexibility index (Phi) is 4.53. The molecule has 0 bridgehead atoms. The van der Waals surface area contributed by atoms with Crippen molar-refractivity contribution in [1.29, 1.82) is 0 Å². The average Bonchev–Trinajstić information content (AvgIpc) is 2.92. The van der Waals surface area contributed by atoms with Gasteiger partial charge in [0.1, 0.15) is 6.10 Å². The van der Waals surface area contributed by atoms with Crippen molar-refractivity contribution in [1.82, 2.24) is 0 Å². The first-order valence-corrected chi connectivity index (χ1v) is 10.9. The van der Waals surface area contributed by atoms with E-state index in [1.165, 1.54) is 45.4 Å². The predicted molar refractivity (Wildman–Crippen MR) is 104 cm³/mol. The van der Waals surface area contributed by atoms with Crippen LogP contribution >= 0.6 is 0 Å². The van der Waals surface area contributed by atoms with Gasteiger partial charge in [0.25, 0.3) is 0 Å². The maximum Gasteiger partial charge on any atom is 0.302 e. The summed E-state index contributed by atoms with van der Waals surface area (Å²) in [5, 5.41) is 0. The number of carbonyl (C=O) groups is 1. The lowest BCUT2D eigenvalue weighted by molar-refractivity contribution is -0.148. The predicted octanol–water partition coefficient (Wildman–Crippen LogP) is 4.84. The van der Waals surface area contributed by atoms with Crippen molar-refractivity contribution in [3.8, 4) is 0 Å². The minimum Gasteiger partial charge on any atom is -0.462 e. The number of hydrogen-bond acceptors (Lipinski definition) is 3. The van der Waals surface area contributed by atoms with Crippen LogP contribution in [0.4, 0.5) is 0 Å². The second-order valence-corrected chi connectivity index (χ2v) is 10.3. The maximum atomic E-state index is 11.4. The molecule has 0 aromatic heterocycles. The van der Waals surface area contributed by atoms with Gasteiger partial charge in [-0.05, 0) is 86.4 Å². The Bertz CT molecular complexity index is 611. The summed E-state index contributed by atoms with van der Waals surface area (Å²) in [6.45, 7) is 8.82. The van der Waals surface area contributed by atoms with Crippen LogP contribution in [-0.2, 0) is 9.53 Å². The van der Waals surface area contributed by atoms with Crippen molar-refractivity contribution in [2.75, 3.05) is 0 Å². The number of rotatable bonds is 2. The summed E-state index contributed by atoms with van der Waals surface area (Å²) in [4.78, 5) is 11.4. The molecule has 0 radical (unpaired) electrons. The molecule has 3 saturated carbocycles. The number of fused-ring (bicyclic) bond motifs is 5. The van der Waals surface area contributed by atoms with Gasteiger partial charge in [-0.3, -0.25) is 4.79 Å². The van der Waals surface area contributed by atoms with E-state index >= 15 is 0 Å². The molecule has 0 unspecified atom stereocenters. The number of carbonyl (C=O) groups excluding carboxylic acids is 1. The van der Waals surface area contributed by atoms with Gasteiger partial charge in [-0.25, -0.2) is 0 Å². The van der Waals surface area contributed by atoms with Crippen molar-refractivity contribution in [3.63, 3.8) is 0 Å². The average molecular weight is 360 g/mol. The standard InChI is InChI=1S/C23H37NO2/c1-14(24)19-7-8-20-18-6-5-16-13-17(26-15(2)25)9-11-22(16,3)21(18)10-12-23(19,20)4/h5,14,17-21H,6-13,24H2,1-4H3/t14-,17+,18-,19+,20-,21-,22-,23+/m0/s1. The van der Waals surface area contributed by atoms with Crippen molar-refractivity contribution < 1.29 is 9.53 Å². The maximum absolute atomic E-state index is 11.4. The molecule has 4 aliphatic carbocycles. The van der Waals surface area contributed by atoms with Gasteiger partial charge in [-0.2, -0.15) is 0 Å². The van der Waals surface area contributed by atoms with Crippen LogP contribution in [0.2, 0.25) is 0 Å². The molecule has 0 heterocycles. The van der Waals surface area contributed by atoms with Gasteiger partial charge in [-0.15, -0.1) is 0 Å². The van der Waals surface area contributed by atoms with E-state index in [2.05, 4.69) is 26.8 Å². The van der Waals surface area contributed by atoms with Crippen LogP contribution in [0.3, 0.4) is 0 Å². The zero-order chi connectivity index (χ0) is 18.7. The van der Waals surface area contributed by atoms with Crippen LogP contribution in [0.15, 0.2) is 11.6 Å². The quantitative estimate of drug-likeness (QED) is 0.567. The molecule has 4 rings (SSSR count). The van der Waals surface area contributed by atoms with E-state index in [1.54, 1.807) is 5.57 Å². The van der Waals surface area contributed by atoms with E-state index in [4.69, 9.17) is 10.5 Å². The fourth-order valence-corrected chi connectivity index (χ4v) is 7.87. The van der Waals surface area contributed by atoms with Crippen LogP contribution in [-0.4, -0.2) is 18.1 Å². The molecular weight excluding hydrogens is 322 g/mol. The minimum atomic E-state index is -0.130. The Labute approximate surface area is 159 Å². The zero-order valence-electron chi connectivity index (χ0n) is 17.1. The fourth-order valence-electron chi connectivity index (χ4n) is 7.87. The Morgan fingerprint density at radius 3 is 2.65 bits per heavy atom. The third kappa shape index (κ3) is 2.68. The summed E-state index contributed by atoms with van der Waals surface area (Å²) < 4.78 is 5.55. The number of nitrogens with two attached hydrogens (primary N) is 1. The first-order valence-electron chi connectivity index (χ1n) is 10.9. The Morgan fingerprint density at radius 2 is 1.96 bits per heavy atom. The van der Waals surface area contributed by atoms with Gasteiger partial charge in [0, 0.05) is 19.4 Å². The summed E-state index contributed by atoms with van der Waals surface area (Å²) >= 11 is 0. The van der Waals surface area contributed by atoms with Gasteiger partial charge in [0.2, 0.25) is 0 Å². The molecule has 0 aromatic carbocycles. The molecule has 26 heavy (non-hydrogen) atoms. The Balaban J connectivity index is 1.58. The number of ether oxygens (including phenoxy) is 1. The summed E-state index contributed by atoms with van der Waals surface area (Å²) in [5.74, 6) is 3.06. The van der Waals surface area contributed by atoms with Gasteiger partial charge in [0.15, 0.2) is 0 Å². The van der Waals surface area contributed by atoms with Crippen molar-refractivity contribution in [2.24, 2.45) is 40.2 Å². The molecule has 0 amide bonds. The summed E-state index contributed by atoms with van der Waals surface area (Å²) in [5.41, 5.74) is 8.75. The molecule has 4 aliphatic rings. The van der Waals surface area contributed by atoms with E-state index in [0.717, 1.165) is 30.6 Å². The summed E-state index contributed by atoms with van der Waals surface area (Å²) in [6.07, 6.45) is 12.4. The molecule has 3 nitrogen and oxygen atoms in total. The molecule has 0 saturated heterocycles. The van der Waals surface area contributed by atoms with Crippen LogP contribution in [0.25, 0.3) is 0 Å². The van der Waals surface area contributed by atoms with Crippen LogP contribution in [0.1, 0.15) is 79.1 Å². The lowest BCUT2D eigenvalue weighted by atomic mass is 9.47. The number of allylic oxidation sites excluding steroid dienone is 1. The van der Waals surface area contributed by atoms with Crippen LogP contribution in [0, 0.1) is 34.5 Å². The normalized spacial score (nSPS) is 48.7. The van der Waals surface area contributed by atoms with Crippen molar-refractivity contribution in [3.05, 3.63) is 11.6 Å². The lowest BCUT2D eigenvalue weighted by Crippen LogP contribution is -2.52. The van der Waals surface area contributed by atoms with Crippen LogP contribution < -0.4 is 5.73 Å². The van der Waals surface area contributed by atoms with E-state index in [1.807, 2.05) is 0 Å². The highest BCUT2D eigenvalue weighted by Crippen LogP contribution is 2.66. The highest BCUT2D eigenvalue weighted by Gasteiger charge is 2.59. The van der Waals surface area contributed by atoms with E-state index in [9.17, 15) is 4.79 Å². The second-order valence-electron chi connectivity index (χ2n) is 10.3. The summed E-state index contributed by atoms with van der Waals surface area (Å²) in [6, 6.07) is 0.325. The van der Waals surface area contributed by atoms with Gasteiger partial charge < -0.3 is 10.5 Å². The van der Waals surface area contributed by atoms with E-state index < -0.39 is 0 Å².